The van der Waals surface area contributed by atoms with E-state index in [-0.39, 0.29) is 11.4 Å². The van der Waals surface area contributed by atoms with Crippen LogP contribution in [-0.2, 0) is 27.5 Å². The van der Waals surface area contributed by atoms with Gasteiger partial charge in [0.1, 0.15) is 17.3 Å². The normalized spacial score (nSPS) is 12.1. The highest BCUT2D eigenvalue weighted by Crippen LogP contribution is 2.38. The summed E-state index contributed by atoms with van der Waals surface area (Å²) in [4.78, 5) is 26.2. The Labute approximate surface area is 217 Å². The maximum Gasteiger partial charge on any atom is 0.416 e. The van der Waals surface area contributed by atoms with E-state index in [0.717, 1.165) is 24.3 Å². The van der Waals surface area contributed by atoms with Crippen LogP contribution in [0.1, 0.15) is 22.3 Å². The molecule has 3 aromatic carbocycles. The molecule has 0 aliphatic rings. The molecule has 6 nitrogen and oxygen atoms in total. The Morgan fingerprint density at radius 1 is 0.842 bits per heavy atom. The highest BCUT2D eigenvalue weighted by molar-refractivity contribution is 6.29. The third kappa shape index (κ3) is 5.86. The fourth-order valence-electron chi connectivity index (χ4n) is 3.58. The Morgan fingerprint density at radius 3 is 1.76 bits per heavy atom. The molecule has 0 heterocycles. The molecule has 0 radical (unpaired) electrons. The van der Waals surface area contributed by atoms with E-state index < -0.39 is 57.9 Å². The van der Waals surface area contributed by atoms with Crippen LogP contribution < -0.4 is 15.2 Å². The number of benzene rings is 3. The first-order valence-corrected chi connectivity index (χ1v) is 11.2. The smallest absolute Gasteiger partial charge is 0.416 e. The van der Waals surface area contributed by atoms with Gasteiger partial charge < -0.3 is 9.84 Å². The topological polar surface area (TPSA) is 78.9 Å². The van der Waals surface area contributed by atoms with Crippen molar-refractivity contribution >= 4 is 29.1 Å². The Bertz CT molecular complexity index is 1270. The minimum absolute atomic E-state index is 0.0629. The van der Waals surface area contributed by atoms with E-state index in [1.54, 1.807) is 0 Å². The number of ether oxygens (including phenoxy) is 1. The maximum absolute atomic E-state index is 13.6. The van der Waals surface area contributed by atoms with Gasteiger partial charge in [-0.15, -0.1) is 11.6 Å². The van der Waals surface area contributed by atoms with Crippen LogP contribution >= 0.6 is 11.6 Å². The van der Waals surface area contributed by atoms with E-state index in [9.17, 15) is 41.0 Å². The number of para-hydroxylation sites is 2. The lowest BCUT2D eigenvalue weighted by atomic mass is 9.84. The molecule has 2 amide bonds. The number of hydrogen-bond acceptors (Lipinski definition) is 4. The summed E-state index contributed by atoms with van der Waals surface area (Å²) in [5.41, 5.74) is -5.07. The number of nitrogens with one attached hydrogen (secondary N) is 1. The van der Waals surface area contributed by atoms with Crippen LogP contribution in [0.5, 0.6) is 5.75 Å². The van der Waals surface area contributed by atoms with Gasteiger partial charge in [-0.3, -0.25) is 15.0 Å². The van der Waals surface area contributed by atoms with Gasteiger partial charge in [-0.2, -0.15) is 26.3 Å². The average molecular weight is 561 g/mol. The van der Waals surface area contributed by atoms with Crippen molar-refractivity contribution in [3.05, 3.63) is 95.1 Å². The maximum atomic E-state index is 13.6. The molecule has 0 unspecified atom stereocenters. The van der Waals surface area contributed by atoms with Gasteiger partial charge in [-0.05, 0) is 47.5 Å². The van der Waals surface area contributed by atoms with Crippen molar-refractivity contribution in [1.82, 2.24) is 5.43 Å². The van der Waals surface area contributed by atoms with E-state index in [1.807, 2.05) is 0 Å². The second-order valence-corrected chi connectivity index (χ2v) is 8.11. The van der Waals surface area contributed by atoms with Crippen molar-refractivity contribution in [2.24, 2.45) is 0 Å². The molecule has 0 aromatic heterocycles. The molecular weight excluding hydrogens is 542 g/mol. The standard InChI is InChI=1S/C25H19ClF6N2O4/c1-38-20-11-3-2-10-19(20)34(21(35)14-26)33-22(36)23(37,15-6-4-8-17(12-15)24(27,28)29)16-7-5-9-18(13-16)25(30,31)32/h2-13,37H,14H2,1H3,(H,33,36). The first-order chi connectivity index (χ1) is 17.7. The number of hydrogen-bond donors (Lipinski definition) is 2. The lowest BCUT2D eigenvalue weighted by Crippen LogP contribution is -2.55. The number of hydrazine groups is 1. The van der Waals surface area contributed by atoms with Crippen LogP contribution in [-0.4, -0.2) is 29.9 Å². The van der Waals surface area contributed by atoms with Crippen LogP contribution in [0.3, 0.4) is 0 Å². The van der Waals surface area contributed by atoms with Gasteiger partial charge in [0.25, 0.3) is 11.8 Å². The van der Waals surface area contributed by atoms with E-state index in [1.165, 1.54) is 31.4 Å². The van der Waals surface area contributed by atoms with Gasteiger partial charge in [0.05, 0.1) is 18.2 Å². The summed E-state index contributed by atoms with van der Waals surface area (Å²) in [6.07, 6.45) is -9.81. The molecule has 0 aliphatic carbocycles. The second-order valence-electron chi connectivity index (χ2n) is 7.84. The Balaban J connectivity index is 2.22. The molecule has 0 bridgehead atoms. The number of carbonyl (C=O) groups is 2. The van der Waals surface area contributed by atoms with Gasteiger partial charge in [0.15, 0.2) is 5.60 Å². The summed E-state index contributed by atoms with van der Waals surface area (Å²) in [7, 11) is 1.26. The summed E-state index contributed by atoms with van der Waals surface area (Å²) < 4.78 is 85.8. The molecule has 2 N–H and O–H groups in total. The molecule has 0 fully saturated rings. The Morgan fingerprint density at radius 2 is 1.32 bits per heavy atom. The molecule has 0 atom stereocenters. The van der Waals surface area contributed by atoms with Crippen LogP contribution in [0.15, 0.2) is 72.8 Å². The number of carbonyl (C=O) groups excluding carboxylic acids is 2. The van der Waals surface area contributed by atoms with E-state index in [0.29, 0.717) is 29.3 Å². The molecule has 13 heteroatoms. The van der Waals surface area contributed by atoms with Crippen molar-refractivity contribution < 1.29 is 45.8 Å². The molecule has 202 valence electrons. The highest BCUT2D eigenvalue weighted by atomic mass is 35.5. The molecule has 38 heavy (non-hydrogen) atoms. The van der Waals surface area contributed by atoms with Gasteiger partial charge in [0, 0.05) is 0 Å². The monoisotopic (exact) mass is 560 g/mol. The Kier molecular flexibility index (Phi) is 8.27. The first-order valence-electron chi connectivity index (χ1n) is 10.6. The second kappa shape index (κ2) is 10.9. The number of alkyl halides is 7. The number of nitrogens with zero attached hydrogens (tertiary/aromatic N) is 1. The zero-order valence-corrected chi connectivity index (χ0v) is 20.2. The summed E-state index contributed by atoms with van der Waals surface area (Å²) >= 11 is 5.67. The highest BCUT2D eigenvalue weighted by Gasteiger charge is 2.44. The minimum Gasteiger partial charge on any atom is -0.494 e. The lowest BCUT2D eigenvalue weighted by molar-refractivity contribution is -0.141. The van der Waals surface area contributed by atoms with E-state index in [2.05, 4.69) is 5.43 Å². The zero-order valence-electron chi connectivity index (χ0n) is 19.4. The van der Waals surface area contributed by atoms with Crippen molar-refractivity contribution in [3.8, 4) is 5.75 Å². The minimum atomic E-state index is -4.90. The van der Waals surface area contributed by atoms with Crippen molar-refractivity contribution in [3.63, 3.8) is 0 Å². The molecule has 3 rings (SSSR count). The quantitative estimate of drug-likeness (QED) is 0.245. The summed E-state index contributed by atoms with van der Waals surface area (Å²) in [6.45, 7) is 0. The average Bonchev–Trinajstić information content (AvgIpc) is 2.89. The van der Waals surface area contributed by atoms with Crippen LogP contribution in [0.25, 0.3) is 0 Å². The molecule has 3 aromatic rings. The van der Waals surface area contributed by atoms with Gasteiger partial charge in [0.2, 0.25) is 0 Å². The fourth-order valence-corrected chi connectivity index (χ4v) is 3.70. The number of rotatable bonds is 6. The number of aliphatic hydroxyl groups is 1. The molecule has 0 aliphatic heterocycles. The fraction of sp³-hybridized carbons (Fsp3) is 0.200. The summed E-state index contributed by atoms with van der Waals surface area (Å²) in [6, 6.07) is 11.6. The molecule has 0 saturated heterocycles. The van der Waals surface area contributed by atoms with Crippen LogP contribution in [0.4, 0.5) is 32.0 Å². The van der Waals surface area contributed by atoms with E-state index in [4.69, 9.17) is 16.3 Å². The summed E-state index contributed by atoms with van der Waals surface area (Å²) in [5, 5.41) is 12.2. The molecule has 0 saturated carbocycles. The van der Waals surface area contributed by atoms with Crippen molar-refractivity contribution in [2.75, 3.05) is 18.0 Å². The van der Waals surface area contributed by atoms with Gasteiger partial charge >= 0.3 is 12.4 Å². The first kappa shape index (κ1) is 28.8. The van der Waals surface area contributed by atoms with Gasteiger partial charge in [-0.1, -0.05) is 36.4 Å². The number of methoxy groups -OCH3 is 1. The van der Waals surface area contributed by atoms with Crippen LogP contribution in [0.2, 0.25) is 0 Å². The molecular formula is C25H19ClF6N2O4. The number of halogens is 7. The lowest BCUT2D eigenvalue weighted by Gasteiger charge is -2.32. The van der Waals surface area contributed by atoms with Crippen LogP contribution in [0, 0.1) is 0 Å². The predicted molar refractivity (Wildman–Crippen MR) is 125 cm³/mol. The van der Waals surface area contributed by atoms with Gasteiger partial charge in [-0.25, -0.2) is 5.01 Å². The van der Waals surface area contributed by atoms with Crippen molar-refractivity contribution in [2.45, 2.75) is 18.0 Å². The van der Waals surface area contributed by atoms with Crippen molar-refractivity contribution in [1.29, 1.82) is 0 Å². The third-order valence-electron chi connectivity index (χ3n) is 5.45. The predicted octanol–water partition coefficient (Wildman–Crippen LogP) is 5.27. The third-order valence-corrected chi connectivity index (χ3v) is 5.68. The number of anilines is 1. The van der Waals surface area contributed by atoms with E-state index >= 15 is 0 Å². The summed E-state index contributed by atoms with van der Waals surface area (Å²) in [5.74, 6) is -3.11. The molecule has 0 spiro atoms. The Hall–Kier alpha value is -3.77. The number of amides is 2. The SMILES string of the molecule is COc1ccccc1N(NC(=O)C(O)(c1cccc(C(F)(F)F)c1)c1cccc(C(F)(F)F)c1)C(=O)CCl. The largest absolute Gasteiger partial charge is 0.494 e. The zero-order chi connectivity index (χ0) is 28.3.